The van der Waals surface area contributed by atoms with Crippen molar-refractivity contribution in [3.63, 3.8) is 0 Å². The van der Waals surface area contributed by atoms with Crippen molar-refractivity contribution in [2.45, 2.75) is 12.7 Å². The molecular formula is C10H14ClN3O2. The maximum Gasteiger partial charge on any atom is 0.158 e. The summed E-state index contributed by atoms with van der Waals surface area (Å²) in [6.07, 6.45) is 0.291. The van der Waals surface area contributed by atoms with Gasteiger partial charge in [-0.1, -0.05) is 11.6 Å². The second kappa shape index (κ2) is 4.95. The maximum absolute atomic E-state index is 5.92. The van der Waals surface area contributed by atoms with Crippen LogP contribution in [0.25, 0.3) is 0 Å². The highest BCUT2D eigenvalue weighted by molar-refractivity contribution is 6.29. The van der Waals surface area contributed by atoms with Gasteiger partial charge >= 0.3 is 0 Å². The second-order valence-corrected chi connectivity index (χ2v) is 4.05. The van der Waals surface area contributed by atoms with Crippen LogP contribution in [0, 0.1) is 0 Å². The molecule has 88 valence electrons. The van der Waals surface area contributed by atoms with Crippen LogP contribution in [0.15, 0.2) is 6.07 Å². The lowest BCUT2D eigenvalue weighted by atomic mass is 10.2. The molecule has 1 aromatic rings. The third kappa shape index (κ3) is 2.42. The molecule has 0 aliphatic carbocycles. The Kier molecular flexibility index (Phi) is 3.58. The number of hydrogen-bond acceptors (Lipinski definition) is 5. The Morgan fingerprint density at radius 1 is 1.44 bits per heavy atom. The number of aromatic nitrogens is 2. The zero-order valence-electron chi connectivity index (χ0n) is 9.31. The van der Waals surface area contributed by atoms with Crippen molar-refractivity contribution in [1.82, 2.24) is 9.97 Å². The minimum atomic E-state index is 0.291. The van der Waals surface area contributed by atoms with Crippen LogP contribution in [0.5, 0.6) is 0 Å². The van der Waals surface area contributed by atoms with E-state index in [0.29, 0.717) is 23.7 Å². The molecule has 0 saturated carbocycles. The molecule has 1 aliphatic heterocycles. The van der Waals surface area contributed by atoms with Gasteiger partial charge in [0.1, 0.15) is 17.6 Å². The lowest BCUT2D eigenvalue weighted by Crippen LogP contribution is -2.52. The minimum absolute atomic E-state index is 0.291. The van der Waals surface area contributed by atoms with Gasteiger partial charge in [0.25, 0.3) is 0 Å². The van der Waals surface area contributed by atoms with Crippen molar-refractivity contribution in [3.8, 4) is 0 Å². The number of ether oxygens (including phenoxy) is 2. The van der Waals surface area contributed by atoms with E-state index in [2.05, 4.69) is 14.9 Å². The van der Waals surface area contributed by atoms with Crippen LogP contribution in [0.4, 0.5) is 5.82 Å². The van der Waals surface area contributed by atoms with E-state index >= 15 is 0 Å². The summed E-state index contributed by atoms with van der Waals surface area (Å²) < 4.78 is 10.2. The molecule has 6 heteroatoms. The van der Waals surface area contributed by atoms with Crippen LogP contribution in [0.3, 0.4) is 0 Å². The normalized spacial score (nSPS) is 16.3. The van der Waals surface area contributed by atoms with Gasteiger partial charge in [-0.15, -0.1) is 0 Å². The second-order valence-electron chi connectivity index (χ2n) is 3.66. The van der Waals surface area contributed by atoms with Gasteiger partial charge in [0.15, 0.2) is 5.82 Å². The Hall–Kier alpha value is -0.910. The Morgan fingerprint density at radius 2 is 2.19 bits per heavy atom. The van der Waals surface area contributed by atoms with Crippen LogP contribution in [0.2, 0.25) is 5.15 Å². The topological polar surface area (TPSA) is 47.5 Å². The molecule has 1 aromatic heterocycles. The molecule has 5 nitrogen and oxygen atoms in total. The van der Waals surface area contributed by atoms with Crippen LogP contribution >= 0.6 is 11.6 Å². The Balaban J connectivity index is 2.09. The van der Waals surface area contributed by atoms with E-state index in [1.165, 1.54) is 0 Å². The van der Waals surface area contributed by atoms with Gasteiger partial charge in [0.2, 0.25) is 0 Å². The van der Waals surface area contributed by atoms with Gasteiger partial charge in [0, 0.05) is 33.4 Å². The molecule has 1 saturated heterocycles. The highest BCUT2D eigenvalue weighted by Crippen LogP contribution is 2.22. The highest BCUT2D eigenvalue weighted by atomic mass is 35.5. The molecule has 1 aliphatic rings. The Bertz CT molecular complexity index is 369. The summed E-state index contributed by atoms with van der Waals surface area (Å²) in [5.41, 5.74) is 0. The Morgan fingerprint density at radius 3 is 2.81 bits per heavy atom. The largest absolute Gasteiger partial charge is 0.378 e. The van der Waals surface area contributed by atoms with Gasteiger partial charge in [-0.05, 0) is 0 Å². The molecule has 0 spiro atoms. The first-order valence-electron chi connectivity index (χ1n) is 5.03. The molecule has 0 atom stereocenters. The lowest BCUT2D eigenvalue weighted by Gasteiger charge is -2.39. The summed E-state index contributed by atoms with van der Waals surface area (Å²) in [6.45, 7) is 2.06. The predicted octanol–water partition coefficient (Wildman–Crippen LogP) is 1.11. The zero-order valence-corrected chi connectivity index (χ0v) is 10.1. The number of anilines is 1. The fraction of sp³-hybridized carbons (Fsp3) is 0.600. The van der Waals surface area contributed by atoms with Crippen molar-refractivity contribution < 1.29 is 9.47 Å². The van der Waals surface area contributed by atoms with E-state index in [9.17, 15) is 0 Å². The summed E-state index contributed by atoms with van der Waals surface area (Å²) in [7, 11) is 3.32. The molecule has 0 aromatic carbocycles. The van der Waals surface area contributed by atoms with E-state index in [1.54, 1.807) is 20.3 Å². The van der Waals surface area contributed by atoms with Crippen LogP contribution < -0.4 is 4.90 Å². The summed E-state index contributed by atoms with van der Waals surface area (Å²) in [4.78, 5) is 10.5. The molecule has 0 amide bonds. The molecule has 0 bridgehead atoms. The van der Waals surface area contributed by atoms with Crippen molar-refractivity contribution in [2.75, 3.05) is 32.2 Å². The van der Waals surface area contributed by atoms with Crippen molar-refractivity contribution in [1.29, 1.82) is 0 Å². The van der Waals surface area contributed by atoms with E-state index in [-0.39, 0.29) is 0 Å². The summed E-state index contributed by atoms with van der Waals surface area (Å²) >= 11 is 5.92. The van der Waals surface area contributed by atoms with E-state index < -0.39 is 0 Å². The molecule has 0 radical (unpaired) electrons. The van der Waals surface area contributed by atoms with Crippen molar-refractivity contribution >= 4 is 17.4 Å². The molecule has 16 heavy (non-hydrogen) atoms. The van der Waals surface area contributed by atoms with E-state index in [1.807, 2.05) is 0 Å². The van der Waals surface area contributed by atoms with Crippen LogP contribution in [-0.2, 0) is 16.1 Å². The highest BCUT2D eigenvalue weighted by Gasteiger charge is 2.27. The van der Waals surface area contributed by atoms with Gasteiger partial charge in [-0.3, -0.25) is 0 Å². The third-order valence-corrected chi connectivity index (χ3v) is 2.70. The molecule has 0 unspecified atom stereocenters. The summed E-state index contributed by atoms with van der Waals surface area (Å²) in [5, 5.41) is 0.443. The average Bonchev–Trinajstić information content (AvgIpc) is 2.15. The molecule has 0 N–H and O–H groups in total. The maximum atomic E-state index is 5.92. The molecular weight excluding hydrogens is 230 g/mol. The van der Waals surface area contributed by atoms with E-state index in [0.717, 1.165) is 18.9 Å². The van der Waals surface area contributed by atoms with Gasteiger partial charge < -0.3 is 14.4 Å². The van der Waals surface area contributed by atoms with Crippen LogP contribution in [0.1, 0.15) is 5.82 Å². The smallest absolute Gasteiger partial charge is 0.158 e. The number of hydrogen-bond donors (Lipinski definition) is 0. The predicted molar refractivity (Wildman–Crippen MR) is 60.8 cm³/mol. The number of rotatable bonds is 4. The first-order chi connectivity index (χ1) is 7.72. The molecule has 2 heterocycles. The lowest BCUT2D eigenvalue weighted by molar-refractivity contribution is 0.0782. The number of halogens is 1. The zero-order chi connectivity index (χ0) is 11.5. The van der Waals surface area contributed by atoms with Crippen molar-refractivity contribution in [3.05, 3.63) is 17.0 Å². The molecule has 1 fully saturated rings. The third-order valence-electron chi connectivity index (χ3n) is 2.51. The first kappa shape index (κ1) is 11.6. The number of methoxy groups -OCH3 is 2. The van der Waals surface area contributed by atoms with Crippen molar-refractivity contribution in [2.24, 2.45) is 0 Å². The SMILES string of the molecule is COCc1nc(Cl)cc(N2CC(OC)C2)n1. The van der Waals surface area contributed by atoms with Gasteiger partial charge in [-0.25, -0.2) is 9.97 Å². The summed E-state index contributed by atoms with van der Waals surface area (Å²) in [6, 6.07) is 1.76. The quantitative estimate of drug-likeness (QED) is 0.742. The van der Waals surface area contributed by atoms with Gasteiger partial charge in [0.05, 0.1) is 6.10 Å². The summed E-state index contributed by atoms with van der Waals surface area (Å²) in [5.74, 6) is 1.44. The van der Waals surface area contributed by atoms with E-state index in [4.69, 9.17) is 21.1 Å². The average molecular weight is 244 g/mol. The molecule has 2 rings (SSSR count). The number of nitrogens with zero attached hydrogens (tertiary/aromatic N) is 3. The minimum Gasteiger partial charge on any atom is -0.378 e. The fourth-order valence-corrected chi connectivity index (χ4v) is 1.78. The Labute approximate surface area is 99.3 Å². The monoisotopic (exact) mass is 243 g/mol. The van der Waals surface area contributed by atoms with Crippen LogP contribution in [-0.4, -0.2) is 43.4 Å². The van der Waals surface area contributed by atoms with Gasteiger partial charge in [-0.2, -0.15) is 0 Å². The standard InChI is InChI=1S/C10H14ClN3O2/c1-15-6-9-12-8(11)3-10(13-9)14-4-7(5-14)16-2/h3,7H,4-6H2,1-2H3. The fourth-order valence-electron chi connectivity index (χ4n) is 1.58. The first-order valence-corrected chi connectivity index (χ1v) is 5.41.